The van der Waals surface area contributed by atoms with Crippen LogP contribution >= 0.6 is 0 Å². The first-order chi connectivity index (χ1) is 23.0. The summed E-state index contributed by atoms with van der Waals surface area (Å²) < 4.78 is 31.3. The van der Waals surface area contributed by atoms with Crippen molar-refractivity contribution in [3.63, 3.8) is 0 Å². The van der Waals surface area contributed by atoms with E-state index in [1.54, 1.807) is 24.3 Å². The molecule has 3 aromatic heterocycles. The van der Waals surface area contributed by atoms with Crippen LogP contribution in [0, 0.1) is 20.8 Å². The molecule has 0 saturated carbocycles. The van der Waals surface area contributed by atoms with Gasteiger partial charge in [-0.15, -0.1) is 0 Å². The first kappa shape index (κ1) is 32.5. The van der Waals surface area contributed by atoms with Crippen molar-refractivity contribution in [2.75, 3.05) is 6.61 Å². The molecule has 8 heteroatoms. The van der Waals surface area contributed by atoms with Crippen molar-refractivity contribution in [1.29, 1.82) is 0 Å². The second kappa shape index (κ2) is 12.5. The largest absolute Gasteiger partial charge is 0.355 e. The molecule has 0 amide bonds. The molecule has 0 unspecified atom stereocenters. The SMILES string of the molecule is CCc1c(C)c2cc3[nH]c(cc4nc(c5c6nc(cc1[nH]2)C(C)=C6CC5)[C@@H](CCCOS(=O)(=O)c1ccc(C)cc1)[C@@H]4C)c(C)c3CC. The number of aromatic amines is 2. The van der Waals surface area contributed by atoms with Crippen LogP contribution in [0.5, 0.6) is 0 Å². The van der Waals surface area contributed by atoms with Crippen LogP contribution in [0.2, 0.25) is 0 Å². The van der Waals surface area contributed by atoms with Crippen molar-refractivity contribution in [2.45, 2.75) is 104 Å². The Labute approximate surface area is 284 Å². The Morgan fingerprint density at radius 1 is 0.833 bits per heavy atom. The summed E-state index contributed by atoms with van der Waals surface area (Å²) in [5.41, 5.74) is 18.7. The molecule has 7 nitrogen and oxygen atoms in total. The average Bonchev–Trinajstić information content (AvgIpc) is 3.83. The topological polar surface area (TPSA) is 101 Å². The third kappa shape index (κ3) is 5.53. The number of hydrogen-bond donors (Lipinski definition) is 2. The van der Waals surface area contributed by atoms with E-state index in [9.17, 15) is 8.42 Å². The van der Waals surface area contributed by atoms with E-state index in [4.69, 9.17) is 14.2 Å². The first-order valence-electron chi connectivity index (χ1n) is 17.4. The number of H-pyrrole nitrogens is 2. The fraction of sp³-hybridized carbons (Fsp3) is 0.400. The van der Waals surface area contributed by atoms with Gasteiger partial charge in [0.25, 0.3) is 10.1 Å². The van der Waals surface area contributed by atoms with Gasteiger partial charge in [-0.2, -0.15) is 8.42 Å². The highest BCUT2D eigenvalue weighted by molar-refractivity contribution is 7.86. The predicted molar refractivity (Wildman–Crippen MR) is 195 cm³/mol. The predicted octanol–water partition coefficient (Wildman–Crippen LogP) is 9.31. The van der Waals surface area contributed by atoms with Crippen LogP contribution in [0.15, 0.2) is 47.4 Å². The molecule has 2 N–H and O–H groups in total. The van der Waals surface area contributed by atoms with E-state index in [0.29, 0.717) is 6.42 Å². The van der Waals surface area contributed by atoms with E-state index in [1.807, 2.05) is 6.92 Å². The zero-order valence-electron chi connectivity index (χ0n) is 29.2. The van der Waals surface area contributed by atoms with E-state index in [1.165, 1.54) is 39.0 Å². The monoisotopic (exact) mass is 662 g/mol. The third-order valence-corrected chi connectivity index (χ3v) is 12.3. The highest BCUT2D eigenvalue weighted by Crippen LogP contribution is 2.47. The van der Waals surface area contributed by atoms with E-state index in [2.05, 4.69) is 69.7 Å². The number of nitrogens with zero attached hydrogens (tertiary/aromatic N) is 2. The molecule has 1 aromatic carbocycles. The van der Waals surface area contributed by atoms with Gasteiger partial charge in [-0.25, -0.2) is 4.98 Å². The van der Waals surface area contributed by atoms with Crippen LogP contribution in [-0.2, 0) is 33.6 Å². The number of fused-ring (bicyclic) bond motifs is 8. The Hall–Kier alpha value is -4.01. The van der Waals surface area contributed by atoms with E-state index < -0.39 is 10.1 Å². The summed E-state index contributed by atoms with van der Waals surface area (Å²) in [6, 6.07) is 13.5. The molecule has 2 atom stereocenters. The quantitative estimate of drug-likeness (QED) is 0.145. The van der Waals surface area contributed by atoms with Gasteiger partial charge in [-0.05, 0) is 130 Å². The summed E-state index contributed by atoms with van der Waals surface area (Å²) in [7, 11) is -3.81. The number of hydrogen-bond acceptors (Lipinski definition) is 5. The molecule has 4 aromatic rings. The maximum Gasteiger partial charge on any atom is 0.296 e. The second-order valence-corrected chi connectivity index (χ2v) is 15.3. The van der Waals surface area contributed by atoms with E-state index in [0.717, 1.165) is 82.5 Å². The summed E-state index contributed by atoms with van der Waals surface area (Å²) in [6.45, 7) is 15.4. The van der Waals surface area contributed by atoms with Crippen molar-refractivity contribution in [3.8, 4) is 0 Å². The lowest BCUT2D eigenvalue weighted by Crippen LogP contribution is -2.10. The maximum atomic E-state index is 12.9. The molecule has 7 rings (SSSR count). The van der Waals surface area contributed by atoms with Crippen LogP contribution < -0.4 is 0 Å². The zero-order chi connectivity index (χ0) is 33.9. The zero-order valence-corrected chi connectivity index (χ0v) is 30.0. The minimum Gasteiger partial charge on any atom is -0.355 e. The Morgan fingerprint density at radius 3 is 2.15 bits per heavy atom. The van der Waals surface area contributed by atoms with Crippen LogP contribution in [0.4, 0.5) is 0 Å². The van der Waals surface area contributed by atoms with Crippen LogP contribution in [-0.4, -0.2) is 35.0 Å². The summed E-state index contributed by atoms with van der Waals surface area (Å²) in [5, 5.41) is 0. The minimum atomic E-state index is -3.81. The molecule has 0 saturated heterocycles. The molecule has 0 radical (unpaired) electrons. The minimum absolute atomic E-state index is 0.130. The van der Waals surface area contributed by atoms with Crippen molar-refractivity contribution in [2.24, 2.45) is 0 Å². The van der Waals surface area contributed by atoms with Crippen molar-refractivity contribution >= 4 is 43.3 Å². The van der Waals surface area contributed by atoms with Gasteiger partial charge < -0.3 is 9.97 Å². The Bertz CT molecular complexity index is 2240. The molecular weight excluding hydrogens is 617 g/mol. The fourth-order valence-corrected chi connectivity index (χ4v) is 8.95. The van der Waals surface area contributed by atoms with Crippen molar-refractivity contribution in [3.05, 3.63) is 98.6 Å². The van der Waals surface area contributed by atoms with E-state index in [-0.39, 0.29) is 23.3 Å². The molecule has 3 aliphatic rings. The maximum absolute atomic E-state index is 12.9. The van der Waals surface area contributed by atoms with Gasteiger partial charge in [-0.1, -0.05) is 38.5 Å². The molecule has 250 valence electrons. The number of allylic oxidation sites excluding steroid dienone is 2. The normalized spacial score (nSPS) is 17.5. The number of nitrogens with one attached hydrogen (secondary N) is 2. The third-order valence-electron chi connectivity index (χ3n) is 10.9. The Balaban J connectivity index is 1.35. The molecule has 2 aliphatic heterocycles. The average molecular weight is 663 g/mol. The van der Waals surface area contributed by atoms with Crippen LogP contribution in [0.25, 0.3) is 33.2 Å². The summed E-state index contributed by atoms with van der Waals surface area (Å²) in [6.07, 6.45) is 5.11. The fourth-order valence-electron chi connectivity index (χ4n) is 8.00. The first-order valence-corrected chi connectivity index (χ1v) is 18.8. The van der Waals surface area contributed by atoms with Gasteiger partial charge in [0.15, 0.2) is 0 Å². The van der Waals surface area contributed by atoms with E-state index >= 15 is 0 Å². The molecule has 0 spiro atoms. The molecular formula is C40H46N4O3S. The lowest BCUT2D eigenvalue weighted by atomic mass is 9.86. The van der Waals surface area contributed by atoms with Crippen LogP contribution in [0.3, 0.4) is 0 Å². The van der Waals surface area contributed by atoms with Crippen LogP contribution in [0.1, 0.15) is 115 Å². The molecule has 8 bridgehead atoms. The van der Waals surface area contributed by atoms with Gasteiger partial charge in [0.2, 0.25) is 0 Å². The molecule has 1 aliphatic carbocycles. The molecule has 0 fully saturated rings. The van der Waals surface area contributed by atoms with Gasteiger partial charge in [0, 0.05) is 50.9 Å². The smallest absolute Gasteiger partial charge is 0.296 e. The lowest BCUT2D eigenvalue weighted by molar-refractivity contribution is 0.301. The highest BCUT2D eigenvalue weighted by Gasteiger charge is 2.35. The van der Waals surface area contributed by atoms with Gasteiger partial charge in [0.1, 0.15) is 0 Å². The van der Waals surface area contributed by atoms with Gasteiger partial charge in [0.05, 0.1) is 22.9 Å². The lowest BCUT2D eigenvalue weighted by Gasteiger charge is -2.17. The Kier molecular flexibility index (Phi) is 8.45. The summed E-state index contributed by atoms with van der Waals surface area (Å²) in [4.78, 5) is 18.4. The van der Waals surface area contributed by atoms with Gasteiger partial charge in [-0.3, -0.25) is 9.17 Å². The Morgan fingerprint density at radius 2 is 1.48 bits per heavy atom. The highest BCUT2D eigenvalue weighted by atomic mass is 32.2. The molecule has 48 heavy (non-hydrogen) atoms. The standard InChI is InChI=1S/C40H46N4O3S/c1-8-28-23(4)33-19-35-25(6)30(11-10-18-47-48(45,46)27-14-12-22(3)13-15-27)39(43-35)32-17-16-31-26(7)36(44-40(31)32)21-38-29(9-2)24(5)34(42-38)20-37(28)41-33/h12-15,19-21,25,30,41-42H,8-11,16-18H2,1-7H3/t25-,30-/m0/s1. The van der Waals surface area contributed by atoms with Crippen molar-refractivity contribution < 1.29 is 12.6 Å². The number of benzene rings is 1. The molecule has 5 heterocycles. The second-order valence-electron chi connectivity index (χ2n) is 13.7. The number of rotatable bonds is 8. The summed E-state index contributed by atoms with van der Waals surface area (Å²) in [5.74, 6) is 0.290. The number of aryl methyl sites for hydroxylation is 5. The van der Waals surface area contributed by atoms with Gasteiger partial charge >= 0.3 is 0 Å². The van der Waals surface area contributed by atoms with Crippen molar-refractivity contribution in [1.82, 2.24) is 19.9 Å². The number of aromatic nitrogens is 4. The summed E-state index contributed by atoms with van der Waals surface area (Å²) >= 11 is 0.